The Labute approximate surface area is 114 Å². The number of amides is 1. The average Bonchev–Trinajstić information content (AvgIpc) is 2.42. The first-order valence-electron chi connectivity index (χ1n) is 6.95. The molecule has 4 nitrogen and oxygen atoms in total. The summed E-state index contributed by atoms with van der Waals surface area (Å²) in [6.07, 6.45) is 2.58. The van der Waals surface area contributed by atoms with Gasteiger partial charge in [0, 0.05) is 13.0 Å². The van der Waals surface area contributed by atoms with E-state index in [1.807, 2.05) is 30.0 Å². The van der Waals surface area contributed by atoms with E-state index in [1.165, 1.54) is 0 Å². The maximum Gasteiger partial charge on any atom is 0.227 e. The summed E-state index contributed by atoms with van der Waals surface area (Å²) in [6, 6.07) is 5.83. The summed E-state index contributed by atoms with van der Waals surface area (Å²) < 4.78 is 5.81. The number of hydrogen-bond donors (Lipinski definition) is 1. The number of hydrogen-bond acceptors (Lipinski definition) is 3. The monoisotopic (exact) mass is 262 g/mol. The molecule has 4 heteroatoms. The fourth-order valence-electron chi connectivity index (χ4n) is 2.31. The van der Waals surface area contributed by atoms with Gasteiger partial charge >= 0.3 is 0 Å². The zero-order chi connectivity index (χ0) is 13.8. The van der Waals surface area contributed by atoms with Crippen LogP contribution in [-0.4, -0.2) is 18.6 Å². The van der Waals surface area contributed by atoms with Crippen molar-refractivity contribution in [2.24, 2.45) is 5.73 Å². The lowest BCUT2D eigenvalue weighted by atomic mass is 10.1. The third kappa shape index (κ3) is 3.07. The van der Waals surface area contributed by atoms with Gasteiger partial charge in [-0.2, -0.15) is 0 Å². The molecule has 1 unspecified atom stereocenters. The topological polar surface area (TPSA) is 55.6 Å². The maximum absolute atomic E-state index is 12.3. The summed E-state index contributed by atoms with van der Waals surface area (Å²) in [4.78, 5) is 14.1. The van der Waals surface area contributed by atoms with Crippen LogP contribution in [0.5, 0.6) is 5.75 Å². The molecule has 0 aromatic heterocycles. The molecular weight excluding hydrogens is 240 g/mol. The van der Waals surface area contributed by atoms with E-state index in [0.717, 1.165) is 29.8 Å². The molecule has 1 amide bonds. The zero-order valence-corrected chi connectivity index (χ0v) is 11.7. The largest absolute Gasteiger partial charge is 0.487 e. The van der Waals surface area contributed by atoms with Gasteiger partial charge in [-0.15, -0.1) is 0 Å². The predicted octanol–water partition coefficient (Wildman–Crippen LogP) is 2.45. The summed E-state index contributed by atoms with van der Waals surface area (Å²) in [5.74, 6) is 0.949. The highest BCUT2D eigenvalue weighted by Crippen LogP contribution is 2.34. The van der Waals surface area contributed by atoms with Gasteiger partial charge in [0.05, 0.1) is 12.2 Å². The van der Waals surface area contributed by atoms with Crippen molar-refractivity contribution in [1.29, 1.82) is 0 Å². The SMILES string of the molecule is CCCCC(=O)N1CC(C)Oc2cc(CN)ccc21. The quantitative estimate of drug-likeness (QED) is 0.906. The molecule has 0 bridgehead atoms. The lowest BCUT2D eigenvalue weighted by Crippen LogP contribution is -2.42. The van der Waals surface area contributed by atoms with Gasteiger partial charge in [-0.3, -0.25) is 4.79 Å². The smallest absolute Gasteiger partial charge is 0.227 e. The number of anilines is 1. The van der Waals surface area contributed by atoms with E-state index in [2.05, 4.69) is 6.92 Å². The molecule has 0 aliphatic carbocycles. The number of fused-ring (bicyclic) bond motifs is 1. The molecule has 1 aromatic carbocycles. The second-order valence-corrected chi connectivity index (χ2v) is 5.04. The number of unbranched alkanes of at least 4 members (excludes halogenated alkanes) is 1. The van der Waals surface area contributed by atoms with E-state index in [0.29, 0.717) is 19.5 Å². The van der Waals surface area contributed by atoms with Crippen LogP contribution < -0.4 is 15.4 Å². The molecule has 1 atom stereocenters. The number of rotatable bonds is 4. The molecule has 104 valence electrons. The molecular formula is C15H22N2O2. The molecule has 1 aromatic rings. The minimum absolute atomic E-state index is 0.0195. The van der Waals surface area contributed by atoms with Crippen molar-refractivity contribution < 1.29 is 9.53 Å². The Morgan fingerprint density at radius 1 is 1.53 bits per heavy atom. The van der Waals surface area contributed by atoms with Crippen LogP contribution in [0.15, 0.2) is 18.2 Å². The van der Waals surface area contributed by atoms with Crippen LogP contribution in [0.1, 0.15) is 38.7 Å². The third-order valence-electron chi connectivity index (χ3n) is 3.36. The Bertz CT molecular complexity index is 459. The van der Waals surface area contributed by atoms with Crippen LogP contribution in [0.2, 0.25) is 0 Å². The number of carbonyl (C=O) groups excluding carboxylic acids is 1. The van der Waals surface area contributed by atoms with Crippen LogP contribution in [0, 0.1) is 0 Å². The Morgan fingerprint density at radius 3 is 3.00 bits per heavy atom. The normalized spacial score (nSPS) is 17.8. The van der Waals surface area contributed by atoms with Gasteiger partial charge in [0.25, 0.3) is 0 Å². The summed E-state index contributed by atoms with van der Waals surface area (Å²) in [6.45, 7) is 5.18. The van der Waals surface area contributed by atoms with Gasteiger partial charge in [0.15, 0.2) is 0 Å². The highest BCUT2D eigenvalue weighted by molar-refractivity contribution is 5.95. The number of ether oxygens (including phenoxy) is 1. The molecule has 0 saturated heterocycles. The highest BCUT2D eigenvalue weighted by atomic mass is 16.5. The summed E-state index contributed by atoms with van der Waals surface area (Å²) >= 11 is 0. The van der Waals surface area contributed by atoms with E-state index >= 15 is 0 Å². The van der Waals surface area contributed by atoms with Gasteiger partial charge < -0.3 is 15.4 Å². The fourth-order valence-corrected chi connectivity index (χ4v) is 2.31. The Balaban J connectivity index is 2.25. The molecule has 2 N–H and O–H groups in total. The summed E-state index contributed by atoms with van der Waals surface area (Å²) in [5.41, 5.74) is 7.54. The Morgan fingerprint density at radius 2 is 2.32 bits per heavy atom. The van der Waals surface area contributed by atoms with E-state index in [9.17, 15) is 4.79 Å². The van der Waals surface area contributed by atoms with Crippen LogP contribution in [0.4, 0.5) is 5.69 Å². The molecule has 19 heavy (non-hydrogen) atoms. The van der Waals surface area contributed by atoms with Crippen molar-refractivity contribution in [2.75, 3.05) is 11.4 Å². The molecule has 0 fully saturated rings. The molecule has 1 aliphatic rings. The maximum atomic E-state index is 12.3. The molecule has 2 rings (SSSR count). The fraction of sp³-hybridized carbons (Fsp3) is 0.533. The molecule has 1 aliphatic heterocycles. The number of nitrogens with zero attached hydrogens (tertiary/aromatic N) is 1. The minimum Gasteiger partial charge on any atom is -0.487 e. The first kappa shape index (κ1) is 13.9. The number of carbonyl (C=O) groups is 1. The van der Waals surface area contributed by atoms with Gasteiger partial charge in [0.2, 0.25) is 5.91 Å². The highest BCUT2D eigenvalue weighted by Gasteiger charge is 2.27. The second-order valence-electron chi connectivity index (χ2n) is 5.04. The van der Waals surface area contributed by atoms with Crippen molar-refractivity contribution in [2.45, 2.75) is 45.8 Å². The van der Waals surface area contributed by atoms with Gasteiger partial charge in [0.1, 0.15) is 11.9 Å². The van der Waals surface area contributed by atoms with Crippen molar-refractivity contribution >= 4 is 11.6 Å². The predicted molar refractivity (Wildman–Crippen MR) is 76.3 cm³/mol. The van der Waals surface area contributed by atoms with Gasteiger partial charge in [-0.1, -0.05) is 19.4 Å². The molecule has 0 radical (unpaired) electrons. The number of nitrogens with two attached hydrogens (primary N) is 1. The van der Waals surface area contributed by atoms with Gasteiger partial charge in [-0.05, 0) is 31.0 Å². The van der Waals surface area contributed by atoms with Crippen molar-refractivity contribution in [1.82, 2.24) is 0 Å². The minimum atomic E-state index is 0.0195. The average molecular weight is 262 g/mol. The van der Waals surface area contributed by atoms with E-state index in [-0.39, 0.29) is 12.0 Å². The molecule has 1 heterocycles. The van der Waals surface area contributed by atoms with Crippen molar-refractivity contribution in [3.63, 3.8) is 0 Å². The number of benzene rings is 1. The van der Waals surface area contributed by atoms with Crippen molar-refractivity contribution in [3.05, 3.63) is 23.8 Å². The molecule has 0 saturated carbocycles. The Hall–Kier alpha value is -1.55. The lowest BCUT2D eigenvalue weighted by molar-refractivity contribution is -0.119. The van der Waals surface area contributed by atoms with Crippen molar-refractivity contribution in [3.8, 4) is 5.75 Å². The van der Waals surface area contributed by atoms with Crippen LogP contribution in [0.25, 0.3) is 0 Å². The van der Waals surface area contributed by atoms with Gasteiger partial charge in [-0.25, -0.2) is 0 Å². The third-order valence-corrected chi connectivity index (χ3v) is 3.36. The standard InChI is InChI=1S/C15H22N2O2/c1-3-4-5-15(18)17-10-11(2)19-14-8-12(9-16)6-7-13(14)17/h6-8,11H,3-5,9-10,16H2,1-2H3. The van der Waals surface area contributed by atoms with E-state index in [4.69, 9.17) is 10.5 Å². The lowest BCUT2D eigenvalue weighted by Gasteiger charge is -2.33. The zero-order valence-electron chi connectivity index (χ0n) is 11.7. The molecule has 0 spiro atoms. The summed E-state index contributed by atoms with van der Waals surface area (Å²) in [5, 5.41) is 0. The summed E-state index contributed by atoms with van der Waals surface area (Å²) in [7, 11) is 0. The first-order valence-corrected chi connectivity index (χ1v) is 6.95. The first-order chi connectivity index (χ1) is 9.15. The van der Waals surface area contributed by atoms with Crippen LogP contribution in [0.3, 0.4) is 0 Å². The van der Waals surface area contributed by atoms with Crippen LogP contribution in [-0.2, 0) is 11.3 Å². The Kier molecular flexibility index (Phi) is 4.43. The van der Waals surface area contributed by atoms with Crippen LogP contribution >= 0.6 is 0 Å². The van der Waals surface area contributed by atoms with E-state index in [1.54, 1.807) is 0 Å². The second kappa shape index (κ2) is 6.06. The van der Waals surface area contributed by atoms with E-state index < -0.39 is 0 Å².